The zero-order valence-electron chi connectivity index (χ0n) is 9.57. The quantitative estimate of drug-likeness (QED) is 0.482. The van der Waals surface area contributed by atoms with E-state index in [1.807, 2.05) is 6.07 Å². The molecule has 0 heterocycles. The number of nitrogens with two attached hydrogens (primary N) is 1. The van der Waals surface area contributed by atoms with Gasteiger partial charge in [0.05, 0.1) is 22.3 Å². The van der Waals surface area contributed by atoms with Crippen LogP contribution >= 0.6 is 11.6 Å². The smallest absolute Gasteiger partial charge is 0.255 e. The second kappa shape index (κ2) is 6.52. The number of rotatable bonds is 5. The molecule has 0 aliphatic carbocycles. The van der Waals surface area contributed by atoms with E-state index in [0.29, 0.717) is 11.4 Å². The number of nitrogen functional groups attached to an aromatic ring is 1. The maximum absolute atomic E-state index is 11.8. The van der Waals surface area contributed by atoms with Crippen LogP contribution in [-0.2, 0) is 0 Å². The largest absolute Gasteiger partial charge is 0.489 e. The molecule has 18 heavy (non-hydrogen) atoms. The zero-order chi connectivity index (χ0) is 13.5. The summed E-state index contributed by atoms with van der Waals surface area (Å²) in [6.45, 7) is 3.65. The van der Waals surface area contributed by atoms with Crippen LogP contribution < -0.4 is 15.8 Å². The lowest BCUT2D eigenvalue weighted by Gasteiger charge is -2.11. The fourth-order valence-electron chi connectivity index (χ4n) is 1.23. The molecule has 0 aromatic heterocycles. The number of amides is 1. The molecule has 0 atom stereocenters. The third kappa shape index (κ3) is 3.40. The number of anilines is 1. The van der Waals surface area contributed by atoms with Crippen LogP contribution in [0.2, 0.25) is 5.02 Å². The number of hydrogen-bond donors (Lipinski definition) is 2. The van der Waals surface area contributed by atoms with Gasteiger partial charge in [0.2, 0.25) is 0 Å². The van der Waals surface area contributed by atoms with Crippen LogP contribution in [0.1, 0.15) is 10.4 Å². The summed E-state index contributed by atoms with van der Waals surface area (Å²) in [6.07, 6.45) is 1.54. The Balaban J connectivity index is 3.06. The van der Waals surface area contributed by atoms with Crippen molar-refractivity contribution >= 4 is 23.2 Å². The molecular weight excluding hydrogens is 254 g/mol. The van der Waals surface area contributed by atoms with Gasteiger partial charge in [0.25, 0.3) is 5.91 Å². The molecule has 3 N–H and O–H groups in total. The summed E-state index contributed by atoms with van der Waals surface area (Å²) in [5.41, 5.74) is 6.18. The highest BCUT2D eigenvalue weighted by Crippen LogP contribution is 2.29. The first-order chi connectivity index (χ1) is 8.60. The predicted octanol–water partition coefficient (Wildman–Crippen LogP) is 1.74. The minimum Gasteiger partial charge on any atom is -0.489 e. The van der Waals surface area contributed by atoms with Gasteiger partial charge in [-0.2, -0.15) is 5.26 Å². The standard InChI is InChI=1S/C12H12ClN3O2/c1-2-5-18-11-7-10(15)9(13)6-8(11)12(17)16-4-3-14/h2,6-7H,1,4-5,15H2,(H,16,17). The summed E-state index contributed by atoms with van der Waals surface area (Å²) in [7, 11) is 0. The lowest BCUT2D eigenvalue weighted by atomic mass is 10.1. The zero-order valence-corrected chi connectivity index (χ0v) is 10.3. The van der Waals surface area contributed by atoms with E-state index in [0.717, 1.165) is 0 Å². The number of nitrogens with one attached hydrogen (secondary N) is 1. The minimum atomic E-state index is -0.447. The highest BCUT2D eigenvalue weighted by Gasteiger charge is 2.14. The Morgan fingerprint density at radius 1 is 1.67 bits per heavy atom. The Bertz CT molecular complexity index is 509. The van der Waals surface area contributed by atoms with E-state index in [1.165, 1.54) is 12.1 Å². The Kier molecular flexibility index (Phi) is 5.03. The summed E-state index contributed by atoms with van der Waals surface area (Å²) in [6, 6.07) is 4.68. The highest BCUT2D eigenvalue weighted by molar-refractivity contribution is 6.33. The lowest BCUT2D eigenvalue weighted by Crippen LogP contribution is -2.24. The van der Waals surface area contributed by atoms with Crippen LogP contribution in [-0.4, -0.2) is 19.1 Å². The average molecular weight is 266 g/mol. The van der Waals surface area contributed by atoms with E-state index in [-0.39, 0.29) is 23.7 Å². The number of nitriles is 1. The Morgan fingerprint density at radius 3 is 3.00 bits per heavy atom. The van der Waals surface area contributed by atoms with Crippen molar-refractivity contribution in [3.8, 4) is 11.8 Å². The van der Waals surface area contributed by atoms with E-state index in [9.17, 15) is 4.79 Å². The topological polar surface area (TPSA) is 88.1 Å². The summed E-state index contributed by atoms with van der Waals surface area (Å²) in [5.74, 6) is -0.148. The van der Waals surface area contributed by atoms with E-state index in [4.69, 9.17) is 27.3 Å². The van der Waals surface area contributed by atoms with Crippen molar-refractivity contribution in [2.45, 2.75) is 0 Å². The molecule has 0 radical (unpaired) electrons. The molecule has 1 aromatic carbocycles. The third-order valence-electron chi connectivity index (χ3n) is 2.03. The van der Waals surface area contributed by atoms with Crippen molar-refractivity contribution in [2.24, 2.45) is 0 Å². The summed E-state index contributed by atoms with van der Waals surface area (Å²) in [5, 5.41) is 11.1. The first-order valence-electron chi connectivity index (χ1n) is 5.08. The molecule has 0 saturated carbocycles. The van der Waals surface area contributed by atoms with Crippen LogP contribution in [0.25, 0.3) is 0 Å². The fourth-order valence-corrected chi connectivity index (χ4v) is 1.39. The third-order valence-corrected chi connectivity index (χ3v) is 2.36. The normalized spacial score (nSPS) is 9.33. The van der Waals surface area contributed by atoms with Crippen LogP contribution in [0.5, 0.6) is 5.75 Å². The van der Waals surface area contributed by atoms with Gasteiger partial charge in [0, 0.05) is 6.07 Å². The molecule has 1 rings (SSSR count). The molecule has 5 nitrogen and oxygen atoms in total. The van der Waals surface area contributed by atoms with Crippen LogP contribution in [0.4, 0.5) is 5.69 Å². The highest BCUT2D eigenvalue weighted by atomic mass is 35.5. The van der Waals surface area contributed by atoms with Gasteiger partial charge in [0.1, 0.15) is 18.9 Å². The molecule has 0 aliphatic heterocycles. The van der Waals surface area contributed by atoms with Gasteiger partial charge >= 0.3 is 0 Å². The van der Waals surface area contributed by atoms with E-state index >= 15 is 0 Å². The van der Waals surface area contributed by atoms with Crippen LogP contribution in [0.3, 0.4) is 0 Å². The van der Waals surface area contributed by atoms with E-state index in [1.54, 1.807) is 6.08 Å². The van der Waals surface area contributed by atoms with Crippen LogP contribution in [0.15, 0.2) is 24.8 Å². The minimum absolute atomic E-state index is 0.0955. The summed E-state index contributed by atoms with van der Waals surface area (Å²) >= 11 is 5.85. The first kappa shape index (κ1) is 13.9. The van der Waals surface area contributed by atoms with Gasteiger partial charge < -0.3 is 15.8 Å². The molecule has 94 valence electrons. The summed E-state index contributed by atoms with van der Waals surface area (Å²) < 4.78 is 5.32. The lowest BCUT2D eigenvalue weighted by molar-refractivity contribution is 0.0955. The molecule has 0 spiro atoms. The molecule has 0 saturated heterocycles. The molecule has 0 fully saturated rings. The monoisotopic (exact) mass is 265 g/mol. The molecule has 6 heteroatoms. The van der Waals surface area contributed by atoms with Gasteiger partial charge in [-0.1, -0.05) is 24.3 Å². The second-order valence-corrected chi connectivity index (χ2v) is 3.72. The Hall–Kier alpha value is -2.19. The number of carbonyl (C=O) groups excluding carboxylic acids is 1. The molecule has 0 bridgehead atoms. The van der Waals surface area contributed by atoms with Crippen molar-refractivity contribution in [1.29, 1.82) is 5.26 Å². The van der Waals surface area contributed by atoms with Gasteiger partial charge in [-0.05, 0) is 6.07 Å². The number of carbonyl (C=O) groups is 1. The van der Waals surface area contributed by atoms with Crippen molar-refractivity contribution < 1.29 is 9.53 Å². The average Bonchev–Trinajstić information content (AvgIpc) is 2.36. The van der Waals surface area contributed by atoms with Crippen molar-refractivity contribution in [1.82, 2.24) is 5.32 Å². The molecular formula is C12H12ClN3O2. The van der Waals surface area contributed by atoms with Gasteiger partial charge in [-0.3, -0.25) is 4.79 Å². The van der Waals surface area contributed by atoms with E-state index < -0.39 is 5.91 Å². The van der Waals surface area contributed by atoms with Crippen molar-refractivity contribution in [3.63, 3.8) is 0 Å². The van der Waals surface area contributed by atoms with Crippen LogP contribution in [0, 0.1) is 11.3 Å². The fraction of sp³-hybridized carbons (Fsp3) is 0.167. The number of nitrogens with zero attached hydrogens (tertiary/aromatic N) is 1. The van der Waals surface area contributed by atoms with E-state index in [2.05, 4.69) is 11.9 Å². The number of benzene rings is 1. The van der Waals surface area contributed by atoms with Gasteiger partial charge in [-0.15, -0.1) is 0 Å². The predicted molar refractivity (Wildman–Crippen MR) is 69.5 cm³/mol. The number of ether oxygens (including phenoxy) is 1. The maximum atomic E-state index is 11.8. The molecule has 1 aromatic rings. The Labute approximate surface area is 110 Å². The van der Waals surface area contributed by atoms with Crippen molar-refractivity contribution in [2.75, 3.05) is 18.9 Å². The van der Waals surface area contributed by atoms with Gasteiger partial charge in [0.15, 0.2) is 0 Å². The maximum Gasteiger partial charge on any atom is 0.255 e. The molecule has 1 amide bonds. The van der Waals surface area contributed by atoms with Gasteiger partial charge in [-0.25, -0.2) is 0 Å². The Morgan fingerprint density at radius 2 is 2.39 bits per heavy atom. The second-order valence-electron chi connectivity index (χ2n) is 3.31. The SMILES string of the molecule is C=CCOc1cc(N)c(Cl)cc1C(=O)NCC#N. The molecule has 0 unspecified atom stereocenters. The molecule has 0 aliphatic rings. The number of halogens is 1. The summed E-state index contributed by atoms with van der Waals surface area (Å²) in [4.78, 5) is 11.8. The van der Waals surface area contributed by atoms with Crippen molar-refractivity contribution in [3.05, 3.63) is 35.4 Å². The number of hydrogen-bond acceptors (Lipinski definition) is 4. The first-order valence-corrected chi connectivity index (χ1v) is 5.45.